The van der Waals surface area contributed by atoms with Crippen molar-refractivity contribution < 1.29 is 8.42 Å². The van der Waals surface area contributed by atoms with E-state index < -0.39 is 10.0 Å². The number of nitrogens with one attached hydrogen (secondary N) is 2. The molecule has 0 aliphatic rings. The summed E-state index contributed by atoms with van der Waals surface area (Å²) in [5.74, 6) is 0. The number of benzene rings is 2. The molecule has 138 valence electrons. The van der Waals surface area contributed by atoms with E-state index in [0.29, 0.717) is 5.69 Å². The summed E-state index contributed by atoms with van der Waals surface area (Å²) in [6, 6.07) is 13.3. The molecule has 0 spiro atoms. The Morgan fingerprint density at radius 3 is 2.38 bits per heavy atom. The van der Waals surface area contributed by atoms with Crippen LogP contribution in [0.4, 0.5) is 16.5 Å². The van der Waals surface area contributed by atoms with Crippen molar-refractivity contribution in [3.05, 3.63) is 59.0 Å². The van der Waals surface area contributed by atoms with Gasteiger partial charge in [-0.2, -0.15) is 0 Å². The second-order valence-corrected chi connectivity index (χ2v) is 8.47. The van der Waals surface area contributed by atoms with Gasteiger partial charge in [0.15, 0.2) is 5.13 Å². The average molecular weight is 410 g/mol. The first-order valence-electron chi connectivity index (χ1n) is 7.69. The molecular weight excluding hydrogens is 390 g/mol. The maximum absolute atomic E-state index is 11.3. The van der Waals surface area contributed by atoms with Gasteiger partial charge >= 0.3 is 0 Å². The predicted octanol–water partition coefficient (Wildman–Crippen LogP) is 4.96. The van der Waals surface area contributed by atoms with Crippen LogP contribution in [0.15, 0.2) is 47.8 Å². The molecule has 0 aliphatic carbocycles. The van der Waals surface area contributed by atoms with Crippen LogP contribution in [0.3, 0.4) is 0 Å². The monoisotopic (exact) mass is 409 g/mol. The van der Waals surface area contributed by atoms with Crippen molar-refractivity contribution in [2.75, 3.05) is 16.3 Å². The van der Waals surface area contributed by atoms with Crippen molar-refractivity contribution in [2.45, 2.75) is 13.8 Å². The summed E-state index contributed by atoms with van der Waals surface area (Å²) in [5, 5.41) is 6.16. The normalized spacial score (nSPS) is 10.9. The molecule has 2 N–H and O–H groups in total. The van der Waals surface area contributed by atoms with Crippen molar-refractivity contribution >= 4 is 50.3 Å². The number of hydrogen-bond donors (Lipinski definition) is 2. The smallest absolute Gasteiger partial charge is 0.229 e. The van der Waals surface area contributed by atoms with Gasteiger partial charge < -0.3 is 5.32 Å². The summed E-state index contributed by atoms with van der Waals surface area (Å²) in [7, 11) is -3.27. The highest BCUT2D eigenvalue weighted by atomic mass is 35.5. The number of aromatic nitrogens is 1. The number of aryl methyl sites for hydroxylation is 1. The molecule has 0 unspecified atom stereocenters. The molecule has 2 aromatic carbocycles. The van der Waals surface area contributed by atoms with Crippen LogP contribution in [-0.2, 0) is 10.0 Å². The van der Waals surface area contributed by atoms with Gasteiger partial charge in [0.1, 0.15) is 0 Å². The minimum Gasteiger partial charge on any atom is -0.331 e. The zero-order valence-corrected chi connectivity index (χ0v) is 17.1. The van der Waals surface area contributed by atoms with Crippen molar-refractivity contribution in [3.8, 4) is 11.3 Å². The SMILES string of the molecule is Cc1cccc(Nc2nc(-c3ccc(NS(C)(=O)=O)cc3)cs2)c1C.Cl. The Kier molecular flexibility index (Phi) is 6.28. The summed E-state index contributed by atoms with van der Waals surface area (Å²) in [6.45, 7) is 4.17. The van der Waals surface area contributed by atoms with Gasteiger partial charge in [-0.25, -0.2) is 13.4 Å². The summed E-state index contributed by atoms with van der Waals surface area (Å²) >= 11 is 1.53. The molecule has 1 aromatic heterocycles. The van der Waals surface area contributed by atoms with Gasteiger partial charge in [0, 0.05) is 22.3 Å². The third-order valence-corrected chi connectivity index (χ3v) is 5.20. The molecule has 0 atom stereocenters. The first kappa shape index (κ1) is 20.2. The molecule has 0 fully saturated rings. The van der Waals surface area contributed by atoms with Crippen LogP contribution in [0, 0.1) is 13.8 Å². The van der Waals surface area contributed by atoms with Gasteiger partial charge in [0.2, 0.25) is 10.0 Å². The molecule has 3 aromatic rings. The molecule has 26 heavy (non-hydrogen) atoms. The van der Waals surface area contributed by atoms with E-state index in [4.69, 9.17) is 0 Å². The fourth-order valence-electron chi connectivity index (χ4n) is 2.39. The molecule has 0 saturated heterocycles. The van der Waals surface area contributed by atoms with Crippen LogP contribution in [0.25, 0.3) is 11.3 Å². The summed E-state index contributed by atoms with van der Waals surface area (Å²) in [4.78, 5) is 4.62. The van der Waals surface area contributed by atoms with Gasteiger partial charge in [0.05, 0.1) is 11.9 Å². The number of halogens is 1. The predicted molar refractivity (Wildman–Crippen MR) is 112 cm³/mol. The number of nitrogens with zero attached hydrogens (tertiary/aromatic N) is 1. The first-order chi connectivity index (χ1) is 11.8. The van der Waals surface area contributed by atoms with Crippen LogP contribution >= 0.6 is 23.7 Å². The van der Waals surface area contributed by atoms with Gasteiger partial charge in [-0.15, -0.1) is 23.7 Å². The number of anilines is 3. The lowest BCUT2D eigenvalue weighted by Crippen LogP contribution is -2.09. The van der Waals surface area contributed by atoms with E-state index in [1.165, 1.54) is 22.5 Å². The van der Waals surface area contributed by atoms with Gasteiger partial charge in [-0.05, 0) is 43.2 Å². The molecule has 5 nitrogen and oxygen atoms in total. The molecule has 0 radical (unpaired) electrons. The Balaban J connectivity index is 0.00000243. The summed E-state index contributed by atoms with van der Waals surface area (Å²) < 4.78 is 25.0. The zero-order valence-electron chi connectivity index (χ0n) is 14.6. The van der Waals surface area contributed by atoms with Crippen LogP contribution in [-0.4, -0.2) is 19.7 Å². The van der Waals surface area contributed by atoms with Gasteiger partial charge in [0.25, 0.3) is 0 Å². The second-order valence-electron chi connectivity index (χ2n) is 5.86. The number of thiazole rings is 1. The second kappa shape index (κ2) is 8.07. The van der Waals surface area contributed by atoms with Crippen LogP contribution in [0.2, 0.25) is 0 Å². The third kappa shape index (κ3) is 4.97. The Morgan fingerprint density at radius 1 is 1.04 bits per heavy atom. The molecule has 8 heteroatoms. The quantitative estimate of drug-likeness (QED) is 0.624. The largest absolute Gasteiger partial charge is 0.331 e. The number of sulfonamides is 1. The van der Waals surface area contributed by atoms with Crippen molar-refractivity contribution in [1.29, 1.82) is 0 Å². The van der Waals surface area contributed by atoms with E-state index in [1.54, 1.807) is 12.1 Å². The highest BCUT2D eigenvalue weighted by Gasteiger charge is 2.08. The summed E-state index contributed by atoms with van der Waals surface area (Å²) in [5.41, 5.74) is 5.81. The number of hydrogen-bond acceptors (Lipinski definition) is 5. The van der Waals surface area contributed by atoms with E-state index in [0.717, 1.165) is 28.3 Å². The van der Waals surface area contributed by atoms with Crippen molar-refractivity contribution in [2.24, 2.45) is 0 Å². The highest BCUT2D eigenvalue weighted by molar-refractivity contribution is 7.92. The summed E-state index contributed by atoms with van der Waals surface area (Å²) in [6.07, 6.45) is 1.13. The van der Waals surface area contributed by atoms with E-state index in [-0.39, 0.29) is 12.4 Å². The Bertz CT molecular complexity index is 1000. The van der Waals surface area contributed by atoms with E-state index in [9.17, 15) is 8.42 Å². The maximum atomic E-state index is 11.3. The maximum Gasteiger partial charge on any atom is 0.229 e. The molecule has 0 saturated carbocycles. The Labute approximate surface area is 164 Å². The minimum absolute atomic E-state index is 0. The molecule has 0 bridgehead atoms. The van der Waals surface area contributed by atoms with E-state index in [1.807, 2.05) is 29.6 Å². The zero-order chi connectivity index (χ0) is 18.0. The van der Waals surface area contributed by atoms with Crippen LogP contribution in [0.5, 0.6) is 0 Å². The Morgan fingerprint density at radius 2 is 1.73 bits per heavy atom. The Hall–Kier alpha value is -2.09. The lowest BCUT2D eigenvalue weighted by Gasteiger charge is -2.08. The van der Waals surface area contributed by atoms with E-state index >= 15 is 0 Å². The average Bonchev–Trinajstić information content (AvgIpc) is 3.00. The van der Waals surface area contributed by atoms with Gasteiger partial charge in [-0.1, -0.05) is 24.3 Å². The third-order valence-electron chi connectivity index (χ3n) is 3.83. The first-order valence-corrected chi connectivity index (χ1v) is 10.5. The molecule has 3 rings (SSSR count). The molecule has 0 aliphatic heterocycles. The van der Waals surface area contributed by atoms with Crippen molar-refractivity contribution in [1.82, 2.24) is 4.98 Å². The fourth-order valence-corrected chi connectivity index (χ4v) is 3.68. The van der Waals surface area contributed by atoms with Crippen molar-refractivity contribution in [3.63, 3.8) is 0 Å². The standard InChI is InChI=1S/C18H19N3O2S2.ClH/c1-12-5-4-6-16(13(12)2)19-18-20-17(11-24-18)14-7-9-15(10-8-14)21-25(3,22)23;/h4-11,21H,1-3H3,(H,19,20);1H. The molecule has 0 amide bonds. The molecule has 1 heterocycles. The van der Waals surface area contributed by atoms with Crippen LogP contribution < -0.4 is 10.0 Å². The lowest BCUT2D eigenvalue weighted by molar-refractivity contribution is 0.607. The molecular formula is C18H20ClN3O2S2. The minimum atomic E-state index is -3.27. The van der Waals surface area contributed by atoms with E-state index in [2.05, 4.69) is 34.9 Å². The highest BCUT2D eigenvalue weighted by Crippen LogP contribution is 2.29. The number of rotatable bonds is 5. The van der Waals surface area contributed by atoms with Gasteiger partial charge in [-0.3, -0.25) is 4.72 Å². The fraction of sp³-hybridized carbons (Fsp3) is 0.167. The van der Waals surface area contributed by atoms with Crippen LogP contribution in [0.1, 0.15) is 11.1 Å². The lowest BCUT2D eigenvalue weighted by atomic mass is 10.1. The topological polar surface area (TPSA) is 71.1 Å².